The van der Waals surface area contributed by atoms with Gasteiger partial charge in [0, 0.05) is 6.54 Å². The number of azo groups is 1. The molecule has 13 heavy (non-hydrogen) atoms. The van der Waals surface area contributed by atoms with Crippen molar-refractivity contribution in [3.63, 3.8) is 0 Å². The third-order valence-electron chi connectivity index (χ3n) is 1.67. The summed E-state index contributed by atoms with van der Waals surface area (Å²) in [6.07, 6.45) is 0. The van der Waals surface area contributed by atoms with E-state index in [0.29, 0.717) is 5.96 Å². The van der Waals surface area contributed by atoms with Crippen LogP contribution in [0.2, 0.25) is 0 Å². The number of guanidine groups is 1. The fourth-order valence-electron chi connectivity index (χ4n) is 1.05. The lowest BCUT2D eigenvalue weighted by Gasteiger charge is -1.91. The van der Waals surface area contributed by atoms with Crippen LogP contribution < -0.4 is 5.32 Å². The summed E-state index contributed by atoms with van der Waals surface area (Å²) < 4.78 is 0. The smallest absolute Gasteiger partial charge is 0.238 e. The maximum atomic E-state index is 4.10. The largest absolute Gasteiger partial charge is 0.351 e. The third-order valence-corrected chi connectivity index (χ3v) is 1.67. The van der Waals surface area contributed by atoms with E-state index in [1.807, 2.05) is 30.3 Å². The Bertz CT molecular complexity index is 329. The highest BCUT2D eigenvalue weighted by Gasteiger charge is 2.01. The minimum atomic E-state index is 0.629. The van der Waals surface area contributed by atoms with Crippen LogP contribution in [-0.4, -0.2) is 19.0 Å². The highest BCUT2D eigenvalue weighted by Crippen LogP contribution is 2.10. The summed E-state index contributed by atoms with van der Waals surface area (Å²) >= 11 is 0. The normalized spacial score (nSPS) is 15.8. The van der Waals surface area contributed by atoms with Crippen LogP contribution in [-0.2, 0) is 0 Å². The molecule has 1 heterocycles. The zero-order valence-corrected chi connectivity index (χ0v) is 7.14. The van der Waals surface area contributed by atoms with Crippen LogP contribution in [0.1, 0.15) is 0 Å². The molecule has 0 fully saturated rings. The average Bonchev–Trinajstić information content (AvgIpc) is 2.69. The molecule has 4 nitrogen and oxygen atoms in total. The summed E-state index contributed by atoms with van der Waals surface area (Å²) in [6.45, 7) is 1.66. The van der Waals surface area contributed by atoms with Gasteiger partial charge in [0.05, 0.1) is 12.2 Å². The second-order valence-electron chi connectivity index (χ2n) is 2.67. The van der Waals surface area contributed by atoms with Crippen molar-refractivity contribution in [3.05, 3.63) is 30.3 Å². The Hall–Kier alpha value is -1.71. The van der Waals surface area contributed by atoms with E-state index in [9.17, 15) is 0 Å². The Kier molecular flexibility index (Phi) is 2.31. The summed E-state index contributed by atoms with van der Waals surface area (Å²) in [5, 5.41) is 11.0. The number of hydrogen-bond donors (Lipinski definition) is 1. The molecule has 1 aromatic carbocycles. The van der Waals surface area contributed by atoms with Gasteiger partial charge < -0.3 is 5.32 Å². The molecular formula is C9H10N4. The first kappa shape index (κ1) is 7.91. The Balaban J connectivity index is 2.05. The number of hydrogen-bond acceptors (Lipinski definition) is 4. The van der Waals surface area contributed by atoms with E-state index >= 15 is 0 Å². The lowest BCUT2D eigenvalue weighted by molar-refractivity contribution is 0.953. The van der Waals surface area contributed by atoms with Gasteiger partial charge in [0.2, 0.25) is 5.96 Å². The summed E-state index contributed by atoms with van der Waals surface area (Å²) in [5.41, 5.74) is 0.846. The third kappa shape index (κ3) is 2.11. The average molecular weight is 174 g/mol. The molecule has 1 N–H and O–H groups in total. The van der Waals surface area contributed by atoms with E-state index in [1.165, 1.54) is 0 Å². The van der Waals surface area contributed by atoms with Crippen LogP contribution in [0.3, 0.4) is 0 Å². The number of nitrogens with one attached hydrogen (secondary N) is 1. The first-order valence-corrected chi connectivity index (χ1v) is 4.20. The second kappa shape index (κ2) is 3.80. The highest BCUT2D eigenvalue weighted by molar-refractivity contribution is 5.81. The molecule has 0 amide bonds. The number of benzene rings is 1. The van der Waals surface area contributed by atoms with E-state index in [4.69, 9.17) is 0 Å². The molecule has 66 valence electrons. The van der Waals surface area contributed by atoms with Crippen LogP contribution in [0.25, 0.3) is 0 Å². The molecule has 1 aliphatic rings. The SMILES string of the molecule is c1ccc(N=NC2=NCCN2)cc1. The van der Waals surface area contributed by atoms with Crippen molar-refractivity contribution in [1.29, 1.82) is 0 Å². The van der Waals surface area contributed by atoms with E-state index in [1.54, 1.807) is 0 Å². The zero-order chi connectivity index (χ0) is 8.93. The second-order valence-corrected chi connectivity index (χ2v) is 2.67. The fraction of sp³-hybridized carbons (Fsp3) is 0.222. The van der Waals surface area contributed by atoms with Crippen molar-refractivity contribution in [2.45, 2.75) is 0 Å². The van der Waals surface area contributed by atoms with Gasteiger partial charge in [0.15, 0.2) is 0 Å². The highest BCUT2D eigenvalue weighted by atomic mass is 15.3. The summed E-state index contributed by atoms with van der Waals surface area (Å²) in [7, 11) is 0. The first-order chi connectivity index (χ1) is 6.45. The fourth-order valence-corrected chi connectivity index (χ4v) is 1.05. The topological polar surface area (TPSA) is 49.1 Å². The van der Waals surface area contributed by atoms with Crippen molar-refractivity contribution in [2.75, 3.05) is 13.1 Å². The summed E-state index contributed by atoms with van der Waals surface area (Å²) in [5.74, 6) is 0.629. The molecular weight excluding hydrogens is 164 g/mol. The van der Waals surface area contributed by atoms with Gasteiger partial charge in [0.25, 0.3) is 0 Å². The van der Waals surface area contributed by atoms with Gasteiger partial charge in [-0.05, 0) is 12.1 Å². The number of nitrogens with zero attached hydrogens (tertiary/aromatic N) is 3. The maximum Gasteiger partial charge on any atom is 0.238 e. The van der Waals surface area contributed by atoms with Crippen LogP contribution in [0.15, 0.2) is 45.6 Å². The summed E-state index contributed by atoms with van der Waals surface area (Å²) in [4.78, 5) is 4.10. The van der Waals surface area contributed by atoms with Gasteiger partial charge in [-0.2, -0.15) is 0 Å². The van der Waals surface area contributed by atoms with Crippen LogP contribution in [0.4, 0.5) is 5.69 Å². The lowest BCUT2D eigenvalue weighted by Crippen LogP contribution is -2.15. The molecule has 4 heteroatoms. The van der Waals surface area contributed by atoms with Gasteiger partial charge in [-0.25, -0.2) is 4.99 Å². The van der Waals surface area contributed by atoms with Gasteiger partial charge in [-0.15, -0.1) is 10.2 Å². The molecule has 1 aliphatic heterocycles. The van der Waals surface area contributed by atoms with Gasteiger partial charge in [0.1, 0.15) is 0 Å². The molecule has 0 atom stereocenters. The molecule has 0 radical (unpaired) electrons. The molecule has 0 bridgehead atoms. The van der Waals surface area contributed by atoms with E-state index < -0.39 is 0 Å². The van der Waals surface area contributed by atoms with Crippen molar-refractivity contribution in [2.24, 2.45) is 15.2 Å². The Morgan fingerprint density at radius 2 is 2.00 bits per heavy atom. The van der Waals surface area contributed by atoms with E-state index in [0.717, 1.165) is 18.8 Å². The minimum absolute atomic E-state index is 0.629. The molecule has 0 saturated carbocycles. The zero-order valence-electron chi connectivity index (χ0n) is 7.14. The quantitative estimate of drug-likeness (QED) is 0.647. The maximum absolute atomic E-state index is 4.10. The van der Waals surface area contributed by atoms with Gasteiger partial charge >= 0.3 is 0 Å². The van der Waals surface area contributed by atoms with Gasteiger partial charge in [-0.1, -0.05) is 18.2 Å². The summed E-state index contributed by atoms with van der Waals surface area (Å²) in [6, 6.07) is 9.61. The minimum Gasteiger partial charge on any atom is -0.351 e. The van der Waals surface area contributed by atoms with Crippen molar-refractivity contribution in [3.8, 4) is 0 Å². The molecule has 1 aromatic rings. The number of aliphatic imine (C=N–C) groups is 1. The molecule has 0 aromatic heterocycles. The predicted molar refractivity (Wildman–Crippen MR) is 51.3 cm³/mol. The molecule has 0 unspecified atom stereocenters. The molecule has 2 rings (SSSR count). The number of rotatable bonds is 1. The standard InChI is InChI=1S/C9H10N4/c1-2-4-8(5-3-1)12-13-9-10-6-7-11-9/h1-5H,6-7H2,(H,10,11). The monoisotopic (exact) mass is 174 g/mol. The Morgan fingerprint density at radius 1 is 1.15 bits per heavy atom. The van der Waals surface area contributed by atoms with E-state index in [2.05, 4.69) is 20.5 Å². The molecule has 0 saturated heterocycles. The van der Waals surface area contributed by atoms with Crippen molar-refractivity contribution >= 4 is 11.6 Å². The molecule has 0 spiro atoms. The first-order valence-electron chi connectivity index (χ1n) is 4.20. The van der Waals surface area contributed by atoms with Gasteiger partial charge in [-0.3, -0.25) is 0 Å². The van der Waals surface area contributed by atoms with Crippen molar-refractivity contribution < 1.29 is 0 Å². The molecule has 0 aliphatic carbocycles. The lowest BCUT2D eigenvalue weighted by atomic mass is 10.3. The Labute approximate surface area is 76.4 Å². The predicted octanol–water partition coefficient (Wildman–Crippen LogP) is 1.73. The van der Waals surface area contributed by atoms with Crippen LogP contribution in [0, 0.1) is 0 Å². The van der Waals surface area contributed by atoms with Crippen LogP contribution in [0.5, 0.6) is 0 Å². The van der Waals surface area contributed by atoms with E-state index in [-0.39, 0.29) is 0 Å². The Morgan fingerprint density at radius 3 is 2.69 bits per heavy atom. The van der Waals surface area contributed by atoms with Crippen LogP contribution >= 0.6 is 0 Å². The van der Waals surface area contributed by atoms with Crippen molar-refractivity contribution in [1.82, 2.24) is 5.32 Å².